The molecule has 2 aromatic carbocycles. The van der Waals surface area contributed by atoms with Crippen LogP contribution in [0, 0.1) is 5.82 Å². The molecule has 0 radical (unpaired) electrons. The van der Waals surface area contributed by atoms with Gasteiger partial charge in [0.2, 0.25) is 0 Å². The molecule has 20 heavy (non-hydrogen) atoms. The molecule has 5 heteroatoms. The summed E-state index contributed by atoms with van der Waals surface area (Å²) < 4.78 is 13.0. The maximum absolute atomic E-state index is 13.0. The van der Waals surface area contributed by atoms with E-state index < -0.39 is 5.82 Å². The summed E-state index contributed by atoms with van der Waals surface area (Å²) in [6.45, 7) is 1.84. The summed E-state index contributed by atoms with van der Waals surface area (Å²) in [5, 5.41) is 3.40. The fourth-order valence-electron chi connectivity index (χ4n) is 1.87. The smallest absolute Gasteiger partial charge is 0.253 e. The third-order valence-corrected chi connectivity index (χ3v) is 3.19. The molecule has 0 aliphatic carbocycles. The first kappa shape index (κ1) is 14.3. The van der Waals surface area contributed by atoms with E-state index in [1.54, 1.807) is 12.1 Å². The molecule has 0 fully saturated rings. The molecule has 0 saturated carbocycles. The van der Waals surface area contributed by atoms with E-state index in [0.29, 0.717) is 5.02 Å². The van der Waals surface area contributed by atoms with Crippen LogP contribution in [-0.4, -0.2) is 5.91 Å². The predicted molar refractivity (Wildman–Crippen MR) is 78.1 cm³/mol. The Morgan fingerprint density at radius 3 is 2.70 bits per heavy atom. The molecule has 1 amide bonds. The van der Waals surface area contributed by atoms with Crippen LogP contribution in [0.4, 0.5) is 10.1 Å². The molecular formula is C15H14ClFN2O. The molecule has 3 nitrogen and oxygen atoms in total. The van der Waals surface area contributed by atoms with E-state index in [0.717, 1.165) is 11.6 Å². The van der Waals surface area contributed by atoms with Gasteiger partial charge < -0.3 is 11.1 Å². The van der Waals surface area contributed by atoms with Crippen molar-refractivity contribution in [1.82, 2.24) is 5.32 Å². The first-order valence-corrected chi connectivity index (χ1v) is 6.46. The minimum Gasteiger partial charge on any atom is -0.398 e. The van der Waals surface area contributed by atoms with E-state index in [1.165, 1.54) is 12.1 Å². The number of nitrogen functional groups attached to an aromatic ring is 1. The molecule has 2 rings (SSSR count). The van der Waals surface area contributed by atoms with Crippen molar-refractivity contribution in [2.75, 3.05) is 5.73 Å². The van der Waals surface area contributed by atoms with E-state index in [1.807, 2.05) is 19.1 Å². The lowest BCUT2D eigenvalue weighted by atomic mass is 10.1. The number of carbonyl (C=O) groups excluding carboxylic acids is 1. The van der Waals surface area contributed by atoms with Gasteiger partial charge in [0.1, 0.15) is 5.82 Å². The molecule has 2 aromatic rings. The Balaban J connectivity index is 2.15. The molecule has 0 unspecified atom stereocenters. The predicted octanol–water partition coefficient (Wildman–Crippen LogP) is 3.55. The van der Waals surface area contributed by atoms with Crippen LogP contribution in [-0.2, 0) is 0 Å². The lowest BCUT2D eigenvalue weighted by Gasteiger charge is -2.15. The third-order valence-electron chi connectivity index (χ3n) is 2.95. The second-order valence-corrected chi connectivity index (χ2v) is 4.92. The van der Waals surface area contributed by atoms with Gasteiger partial charge in [0.05, 0.1) is 11.6 Å². The Morgan fingerprint density at radius 1 is 1.30 bits per heavy atom. The van der Waals surface area contributed by atoms with Gasteiger partial charge in [0, 0.05) is 10.7 Å². The number of amides is 1. The summed E-state index contributed by atoms with van der Waals surface area (Å²) in [6.07, 6.45) is 0. The van der Waals surface area contributed by atoms with Crippen molar-refractivity contribution in [2.24, 2.45) is 0 Å². The highest BCUT2D eigenvalue weighted by molar-refractivity contribution is 6.30. The molecule has 1 atom stereocenters. The number of nitrogens with one attached hydrogen (secondary N) is 1. The second-order valence-electron chi connectivity index (χ2n) is 4.48. The van der Waals surface area contributed by atoms with Crippen molar-refractivity contribution in [1.29, 1.82) is 0 Å². The molecular weight excluding hydrogens is 279 g/mol. The highest BCUT2D eigenvalue weighted by Crippen LogP contribution is 2.19. The van der Waals surface area contributed by atoms with Crippen molar-refractivity contribution in [3.05, 3.63) is 64.4 Å². The molecule has 0 aliphatic rings. The monoisotopic (exact) mass is 292 g/mol. The fourth-order valence-corrected chi connectivity index (χ4v) is 2.07. The van der Waals surface area contributed by atoms with E-state index in [4.69, 9.17) is 17.3 Å². The lowest BCUT2D eigenvalue weighted by molar-refractivity contribution is 0.0941. The minimum atomic E-state index is -0.470. The standard InChI is InChI=1S/C15H14ClFN2O/c1-9(10-3-2-4-11(16)7-10)19-15(20)13-6-5-12(17)8-14(13)18/h2-9H,18H2,1H3,(H,19,20)/t9-/m0/s1. The number of nitrogens with two attached hydrogens (primary N) is 1. The number of benzene rings is 2. The quantitative estimate of drug-likeness (QED) is 0.850. The second kappa shape index (κ2) is 5.92. The highest BCUT2D eigenvalue weighted by Gasteiger charge is 2.14. The van der Waals surface area contributed by atoms with E-state index in [-0.39, 0.29) is 23.2 Å². The minimum absolute atomic E-state index is 0.112. The number of hydrogen-bond acceptors (Lipinski definition) is 2. The number of rotatable bonds is 3. The molecule has 3 N–H and O–H groups in total. The maximum atomic E-state index is 13.0. The van der Waals surface area contributed by atoms with E-state index in [2.05, 4.69) is 5.32 Å². The maximum Gasteiger partial charge on any atom is 0.253 e. The summed E-state index contributed by atoms with van der Waals surface area (Å²) in [5.41, 5.74) is 6.88. The first-order chi connectivity index (χ1) is 9.47. The van der Waals surface area contributed by atoms with Gasteiger partial charge in [-0.25, -0.2) is 4.39 Å². The van der Waals surface area contributed by atoms with Crippen LogP contribution < -0.4 is 11.1 Å². The average molecular weight is 293 g/mol. The first-order valence-electron chi connectivity index (χ1n) is 6.08. The van der Waals surface area contributed by atoms with Crippen LogP contribution in [0.2, 0.25) is 5.02 Å². The Morgan fingerprint density at radius 2 is 2.05 bits per heavy atom. The van der Waals surface area contributed by atoms with Gasteiger partial charge in [0.15, 0.2) is 0 Å². The molecule has 0 saturated heterocycles. The van der Waals surface area contributed by atoms with Gasteiger partial charge in [0.25, 0.3) is 5.91 Å². The number of anilines is 1. The fraction of sp³-hybridized carbons (Fsp3) is 0.133. The Hall–Kier alpha value is -2.07. The number of hydrogen-bond donors (Lipinski definition) is 2. The number of halogens is 2. The van der Waals surface area contributed by atoms with Crippen molar-refractivity contribution >= 4 is 23.2 Å². The topological polar surface area (TPSA) is 55.1 Å². The van der Waals surface area contributed by atoms with Crippen molar-refractivity contribution in [2.45, 2.75) is 13.0 Å². The lowest BCUT2D eigenvalue weighted by Crippen LogP contribution is -2.27. The van der Waals surface area contributed by atoms with E-state index >= 15 is 0 Å². The average Bonchev–Trinajstić information content (AvgIpc) is 2.38. The van der Waals surface area contributed by atoms with Crippen LogP contribution in [0.1, 0.15) is 28.9 Å². The van der Waals surface area contributed by atoms with Crippen molar-refractivity contribution in [3.63, 3.8) is 0 Å². The van der Waals surface area contributed by atoms with E-state index in [9.17, 15) is 9.18 Å². The van der Waals surface area contributed by atoms with Gasteiger partial charge in [-0.2, -0.15) is 0 Å². The van der Waals surface area contributed by atoms with Gasteiger partial charge in [-0.3, -0.25) is 4.79 Å². The van der Waals surface area contributed by atoms with Crippen molar-refractivity contribution in [3.8, 4) is 0 Å². The molecule has 0 bridgehead atoms. The summed E-state index contributed by atoms with van der Waals surface area (Å²) >= 11 is 5.91. The summed E-state index contributed by atoms with van der Waals surface area (Å²) in [6, 6.07) is 10.7. The van der Waals surface area contributed by atoms with Crippen molar-refractivity contribution < 1.29 is 9.18 Å². The molecule has 104 valence electrons. The normalized spacial score (nSPS) is 11.9. The summed E-state index contributed by atoms with van der Waals surface area (Å²) in [5.74, 6) is -0.822. The van der Waals surface area contributed by atoms with Crippen LogP contribution in [0.3, 0.4) is 0 Å². The van der Waals surface area contributed by atoms with Gasteiger partial charge in [-0.1, -0.05) is 23.7 Å². The Kier molecular flexibility index (Phi) is 4.25. The zero-order valence-electron chi connectivity index (χ0n) is 10.9. The zero-order valence-corrected chi connectivity index (χ0v) is 11.6. The highest BCUT2D eigenvalue weighted by atomic mass is 35.5. The van der Waals surface area contributed by atoms with Crippen LogP contribution in [0.15, 0.2) is 42.5 Å². The molecule has 0 aromatic heterocycles. The number of carbonyl (C=O) groups is 1. The SMILES string of the molecule is C[C@H](NC(=O)c1ccc(F)cc1N)c1cccc(Cl)c1. The summed E-state index contributed by atoms with van der Waals surface area (Å²) in [4.78, 5) is 12.1. The largest absolute Gasteiger partial charge is 0.398 e. The van der Waals surface area contributed by atoms with Crippen LogP contribution >= 0.6 is 11.6 Å². The Bertz CT molecular complexity index is 646. The third kappa shape index (κ3) is 3.27. The van der Waals surface area contributed by atoms with Crippen LogP contribution in [0.5, 0.6) is 0 Å². The summed E-state index contributed by atoms with van der Waals surface area (Å²) in [7, 11) is 0. The Labute approximate surface area is 121 Å². The van der Waals surface area contributed by atoms with Gasteiger partial charge in [-0.15, -0.1) is 0 Å². The van der Waals surface area contributed by atoms with Gasteiger partial charge >= 0.3 is 0 Å². The molecule has 0 heterocycles. The molecule has 0 aliphatic heterocycles. The van der Waals surface area contributed by atoms with Gasteiger partial charge in [-0.05, 0) is 42.8 Å². The zero-order chi connectivity index (χ0) is 14.7. The molecule has 0 spiro atoms. The van der Waals surface area contributed by atoms with Crippen LogP contribution in [0.25, 0.3) is 0 Å².